The third-order valence-electron chi connectivity index (χ3n) is 7.45. The molecule has 1 fully saturated rings. The molecule has 2 atom stereocenters. The Balaban J connectivity index is 1.41. The molecule has 6 rings (SSSR count). The summed E-state index contributed by atoms with van der Waals surface area (Å²) in [5.74, 6) is 2.52. The first-order valence-corrected chi connectivity index (χ1v) is 13.8. The summed E-state index contributed by atoms with van der Waals surface area (Å²) in [4.78, 5) is 11.6. The van der Waals surface area contributed by atoms with E-state index in [9.17, 15) is 0 Å². The highest BCUT2D eigenvalue weighted by Gasteiger charge is 2.42. The van der Waals surface area contributed by atoms with Crippen molar-refractivity contribution in [2.75, 3.05) is 4.90 Å². The minimum Gasteiger partial charge on any atom is -0.457 e. The second-order valence-corrected chi connectivity index (χ2v) is 10.6. The molecule has 3 aromatic heterocycles. The van der Waals surface area contributed by atoms with E-state index in [2.05, 4.69) is 72.0 Å². The maximum absolute atomic E-state index is 6.16. The zero-order valence-corrected chi connectivity index (χ0v) is 23.8. The van der Waals surface area contributed by atoms with Crippen LogP contribution in [0.25, 0.3) is 5.82 Å². The molecular formula is C33H31N5OS. The van der Waals surface area contributed by atoms with Crippen molar-refractivity contribution < 1.29 is 4.74 Å². The van der Waals surface area contributed by atoms with E-state index < -0.39 is 0 Å². The molecule has 0 amide bonds. The molecule has 5 aromatic rings. The standard InChI is InChI=1S/C33H31N5OS/c1-21-12-17-30(35-20-21)37-23(3)19-27(24(37)4)32-31(28-10-7-8-18-34-28)36-33(40)38(32)25-13-15-26(16-14-25)39-29-11-6-5-9-22(29)2/h5-20,31-32H,1-4H3,(H,36,40). The number of aromatic nitrogens is 3. The van der Waals surface area contributed by atoms with E-state index in [1.807, 2.05) is 67.8 Å². The quantitative estimate of drug-likeness (QED) is 0.223. The van der Waals surface area contributed by atoms with Gasteiger partial charge in [0.05, 0.1) is 17.8 Å². The molecule has 7 heteroatoms. The maximum Gasteiger partial charge on any atom is 0.174 e. The lowest BCUT2D eigenvalue weighted by molar-refractivity contribution is 0.479. The molecule has 1 N–H and O–H groups in total. The van der Waals surface area contributed by atoms with Crippen molar-refractivity contribution in [3.8, 4) is 17.3 Å². The highest BCUT2D eigenvalue weighted by Crippen LogP contribution is 2.44. The summed E-state index contributed by atoms with van der Waals surface area (Å²) in [6.07, 6.45) is 3.74. The Morgan fingerprint density at radius 3 is 2.33 bits per heavy atom. The Labute approximate surface area is 240 Å². The summed E-state index contributed by atoms with van der Waals surface area (Å²) >= 11 is 5.96. The summed E-state index contributed by atoms with van der Waals surface area (Å²) < 4.78 is 8.38. The fourth-order valence-electron chi connectivity index (χ4n) is 5.45. The molecule has 1 saturated heterocycles. The summed E-state index contributed by atoms with van der Waals surface area (Å²) in [7, 11) is 0. The fraction of sp³-hybridized carbons (Fsp3) is 0.182. The highest BCUT2D eigenvalue weighted by atomic mass is 32.1. The lowest BCUT2D eigenvalue weighted by Crippen LogP contribution is -2.29. The van der Waals surface area contributed by atoms with E-state index >= 15 is 0 Å². The minimum absolute atomic E-state index is 0.115. The number of thiocarbonyl (C=S) groups is 1. The predicted molar refractivity (Wildman–Crippen MR) is 163 cm³/mol. The molecular weight excluding hydrogens is 514 g/mol. The normalized spacial score (nSPS) is 16.7. The molecule has 40 heavy (non-hydrogen) atoms. The average Bonchev–Trinajstić information content (AvgIpc) is 3.46. The summed E-state index contributed by atoms with van der Waals surface area (Å²) in [6.45, 7) is 8.37. The van der Waals surface area contributed by atoms with Gasteiger partial charge in [-0.1, -0.05) is 30.3 Å². The van der Waals surface area contributed by atoms with Gasteiger partial charge in [-0.15, -0.1) is 0 Å². The lowest BCUT2D eigenvalue weighted by atomic mass is 9.96. The molecule has 0 aliphatic carbocycles. The molecule has 0 spiro atoms. The Morgan fingerprint density at radius 1 is 0.850 bits per heavy atom. The van der Waals surface area contributed by atoms with Crippen LogP contribution in [0, 0.1) is 27.7 Å². The van der Waals surface area contributed by atoms with Crippen molar-refractivity contribution in [1.29, 1.82) is 0 Å². The maximum atomic E-state index is 6.16. The number of anilines is 1. The van der Waals surface area contributed by atoms with Crippen LogP contribution >= 0.6 is 12.2 Å². The third-order valence-corrected chi connectivity index (χ3v) is 7.76. The van der Waals surface area contributed by atoms with Crippen LogP contribution in [0.2, 0.25) is 0 Å². The zero-order chi connectivity index (χ0) is 27.8. The second kappa shape index (κ2) is 10.6. The monoisotopic (exact) mass is 545 g/mol. The van der Waals surface area contributed by atoms with E-state index in [4.69, 9.17) is 26.9 Å². The number of rotatable bonds is 6. The van der Waals surface area contributed by atoms with Gasteiger partial charge < -0.3 is 19.5 Å². The van der Waals surface area contributed by atoms with Crippen molar-refractivity contribution in [1.82, 2.24) is 19.9 Å². The first kappa shape index (κ1) is 25.8. The topological polar surface area (TPSA) is 55.2 Å². The second-order valence-electron chi connectivity index (χ2n) is 10.2. The Bertz CT molecular complexity index is 1660. The van der Waals surface area contributed by atoms with Crippen molar-refractivity contribution >= 4 is 23.0 Å². The van der Waals surface area contributed by atoms with E-state index in [-0.39, 0.29) is 12.1 Å². The number of nitrogens with zero attached hydrogens (tertiary/aromatic N) is 4. The van der Waals surface area contributed by atoms with Gasteiger partial charge in [0.15, 0.2) is 5.11 Å². The van der Waals surface area contributed by atoms with Crippen molar-refractivity contribution in [3.63, 3.8) is 0 Å². The van der Waals surface area contributed by atoms with Crippen LogP contribution in [-0.4, -0.2) is 19.6 Å². The van der Waals surface area contributed by atoms with Gasteiger partial charge in [-0.05, 0) is 111 Å². The van der Waals surface area contributed by atoms with Gasteiger partial charge in [-0.25, -0.2) is 4.98 Å². The predicted octanol–water partition coefficient (Wildman–Crippen LogP) is 7.47. The molecule has 0 saturated carbocycles. The van der Waals surface area contributed by atoms with Crippen LogP contribution in [0.1, 0.15) is 45.9 Å². The molecule has 200 valence electrons. The summed E-state index contributed by atoms with van der Waals surface area (Å²) in [5, 5.41) is 4.23. The van der Waals surface area contributed by atoms with Gasteiger partial charge in [-0.2, -0.15) is 0 Å². The molecule has 2 aromatic carbocycles. The molecule has 6 nitrogen and oxygen atoms in total. The molecule has 1 aliphatic rings. The van der Waals surface area contributed by atoms with Gasteiger partial charge >= 0.3 is 0 Å². The molecule has 1 aliphatic heterocycles. The van der Waals surface area contributed by atoms with Crippen LogP contribution in [0.4, 0.5) is 5.69 Å². The Morgan fingerprint density at radius 2 is 1.62 bits per heavy atom. The largest absolute Gasteiger partial charge is 0.457 e. The first-order valence-electron chi connectivity index (χ1n) is 13.4. The average molecular weight is 546 g/mol. The Hall–Kier alpha value is -4.49. The van der Waals surface area contributed by atoms with E-state index in [0.717, 1.165) is 51.2 Å². The van der Waals surface area contributed by atoms with Gasteiger partial charge in [0, 0.05) is 29.5 Å². The molecule has 4 heterocycles. The number of para-hydroxylation sites is 1. The number of aryl methyl sites for hydroxylation is 3. The lowest BCUT2D eigenvalue weighted by Gasteiger charge is -2.28. The van der Waals surface area contributed by atoms with Gasteiger partial charge in [0.2, 0.25) is 0 Å². The molecule has 2 unspecified atom stereocenters. The summed E-state index contributed by atoms with van der Waals surface area (Å²) in [5.41, 5.74) is 7.55. The van der Waals surface area contributed by atoms with Crippen molar-refractivity contribution in [2.24, 2.45) is 0 Å². The van der Waals surface area contributed by atoms with Crippen LogP contribution in [0.15, 0.2) is 97.3 Å². The van der Waals surface area contributed by atoms with E-state index in [0.29, 0.717) is 5.11 Å². The van der Waals surface area contributed by atoms with E-state index in [1.54, 1.807) is 0 Å². The molecule has 0 radical (unpaired) electrons. The highest BCUT2D eigenvalue weighted by molar-refractivity contribution is 7.80. The Kier molecular flexibility index (Phi) is 6.82. The first-order chi connectivity index (χ1) is 19.4. The van der Waals surface area contributed by atoms with Crippen molar-refractivity contribution in [2.45, 2.75) is 39.8 Å². The molecule has 0 bridgehead atoms. The van der Waals surface area contributed by atoms with Gasteiger partial charge in [0.1, 0.15) is 17.3 Å². The number of pyridine rings is 2. The van der Waals surface area contributed by atoms with Crippen LogP contribution in [0.5, 0.6) is 11.5 Å². The number of benzene rings is 2. The van der Waals surface area contributed by atoms with Gasteiger partial charge in [-0.3, -0.25) is 4.98 Å². The summed E-state index contributed by atoms with van der Waals surface area (Å²) in [6, 6.07) is 28.3. The number of nitrogens with one attached hydrogen (secondary N) is 1. The number of hydrogen-bond donors (Lipinski definition) is 1. The minimum atomic E-state index is -0.128. The SMILES string of the molecule is Cc1ccc(-n2c(C)cc(C3C(c4ccccn4)NC(=S)N3c3ccc(Oc4ccccc4C)cc3)c2C)nc1. The fourth-order valence-corrected chi connectivity index (χ4v) is 5.80. The smallest absolute Gasteiger partial charge is 0.174 e. The van der Waals surface area contributed by atoms with Gasteiger partial charge in [0.25, 0.3) is 0 Å². The van der Waals surface area contributed by atoms with Crippen LogP contribution in [0.3, 0.4) is 0 Å². The van der Waals surface area contributed by atoms with Crippen LogP contribution < -0.4 is 15.0 Å². The number of hydrogen-bond acceptors (Lipinski definition) is 4. The van der Waals surface area contributed by atoms with Crippen LogP contribution in [-0.2, 0) is 0 Å². The third kappa shape index (κ3) is 4.73. The van der Waals surface area contributed by atoms with E-state index in [1.165, 1.54) is 5.56 Å². The van der Waals surface area contributed by atoms with Crippen molar-refractivity contribution in [3.05, 3.63) is 131 Å². The zero-order valence-electron chi connectivity index (χ0n) is 23.0. The number of ether oxygens (including phenoxy) is 1.